The van der Waals surface area contributed by atoms with E-state index in [0.717, 1.165) is 15.1 Å². The lowest BCUT2D eigenvalue weighted by Crippen LogP contribution is -1.94. The Balaban J connectivity index is 2.76. The maximum Gasteiger partial charge on any atom is 0.108 e. The van der Waals surface area contributed by atoms with Crippen LogP contribution in [0.15, 0.2) is 42.5 Å². The lowest BCUT2D eigenvalue weighted by molar-refractivity contribution is 0.701. The van der Waals surface area contributed by atoms with Crippen LogP contribution in [0.4, 0.5) is 0 Å². The van der Waals surface area contributed by atoms with Crippen molar-refractivity contribution in [1.29, 1.82) is 0 Å². The van der Waals surface area contributed by atoms with E-state index in [1.54, 1.807) is 0 Å². The van der Waals surface area contributed by atoms with Gasteiger partial charge in [0.2, 0.25) is 0 Å². The van der Waals surface area contributed by atoms with E-state index in [0.29, 0.717) is 11.3 Å². The van der Waals surface area contributed by atoms with E-state index in [1.807, 2.05) is 30.5 Å². The number of benzene rings is 2. The summed E-state index contributed by atoms with van der Waals surface area (Å²) in [5, 5.41) is 2.32. The van der Waals surface area contributed by atoms with Crippen molar-refractivity contribution in [1.82, 2.24) is 0 Å². The van der Waals surface area contributed by atoms with Gasteiger partial charge in [0.05, 0.1) is 0 Å². The molecule has 0 fully saturated rings. The molecule has 0 saturated carbocycles. The van der Waals surface area contributed by atoms with Crippen LogP contribution in [0.2, 0.25) is 0 Å². The van der Waals surface area contributed by atoms with Gasteiger partial charge in [0.1, 0.15) is 15.5 Å². The standard InChI is InChI=1S/C12H10OS2/c1-14-12(15-13)11-8-4-6-9-5-2-3-7-10(9)11/h2-8H,1H3. The topological polar surface area (TPSA) is 17.1 Å². The largest absolute Gasteiger partial charge is 0.211 e. The number of hydrogen-bond acceptors (Lipinski definition) is 2. The molecule has 3 heteroatoms. The highest BCUT2D eigenvalue weighted by molar-refractivity contribution is 8.21. The van der Waals surface area contributed by atoms with Crippen molar-refractivity contribution in [3.63, 3.8) is 0 Å². The molecule has 0 N–H and O–H groups in total. The molecule has 0 spiro atoms. The third-order valence-corrected chi connectivity index (χ3v) is 3.94. The summed E-state index contributed by atoms with van der Waals surface area (Å²) in [6, 6.07) is 14.2. The number of hydrogen-bond donors (Lipinski definition) is 0. The first kappa shape index (κ1) is 10.5. The summed E-state index contributed by atoms with van der Waals surface area (Å²) in [6.45, 7) is 0. The first-order valence-corrected chi connectivity index (χ1v) is 6.52. The van der Waals surface area contributed by atoms with Gasteiger partial charge in [-0.05, 0) is 17.0 Å². The first-order chi connectivity index (χ1) is 7.36. The van der Waals surface area contributed by atoms with Crippen molar-refractivity contribution in [2.24, 2.45) is 0 Å². The lowest BCUT2D eigenvalue weighted by atomic mass is 10.1. The normalized spacial score (nSPS) is 10.2. The molecule has 0 heterocycles. The van der Waals surface area contributed by atoms with E-state index in [4.69, 9.17) is 0 Å². The Morgan fingerprint density at radius 2 is 1.80 bits per heavy atom. The van der Waals surface area contributed by atoms with Gasteiger partial charge in [-0.1, -0.05) is 42.5 Å². The summed E-state index contributed by atoms with van der Waals surface area (Å²) < 4.78 is 11.8. The lowest BCUT2D eigenvalue weighted by Gasteiger charge is -2.04. The van der Waals surface area contributed by atoms with Crippen LogP contribution in [0.3, 0.4) is 0 Å². The molecule has 0 bridgehead atoms. The molecule has 0 unspecified atom stereocenters. The number of rotatable bonds is 1. The van der Waals surface area contributed by atoms with Crippen LogP contribution in [0.25, 0.3) is 10.8 Å². The minimum absolute atomic E-state index is 0.567. The third kappa shape index (κ3) is 1.98. The second-order valence-electron chi connectivity index (χ2n) is 3.10. The van der Waals surface area contributed by atoms with Crippen molar-refractivity contribution in [2.45, 2.75) is 0 Å². The quantitative estimate of drug-likeness (QED) is 0.706. The van der Waals surface area contributed by atoms with Crippen LogP contribution in [-0.2, 0) is 11.3 Å². The number of thioether (sulfide) groups is 1. The summed E-state index contributed by atoms with van der Waals surface area (Å²) in [4.78, 5) is 0. The zero-order valence-electron chi connectivity index (χ0n) is 8.27. The van der Waals surface area contributed by atoms with Crippen LogP contribution in [0.1, 0.15) is 5.56 Å². The molecule has 76 valence electrons. The molecule has 0 amide bonds. The Morgan fingerprint density at radius 1 is 1.07 bits per heavy atom. The van der Waals surface area contributed by atoms with Gasteiger partial charge in [-0.2, -0.15) is 0 Å². The minimum Gasteiger partial charge on any atom is -0.211 e. The molecule has 15 heavy (non-hydrogen) atoms. The Labute approximate surface area is 96.6 Å². The second kappa shape index (κ2) is 4.64. The molecule has 2 rings (SSSR count). The highest BCUT2D eigenvalue weighted by Crippen LogP contribution is 2.21. The average molecular weight is 234 g/mol. The van der Waals surface area contributed by atoms with Gasteiger partial charge >= 0.3 is 0 Å². The average Bonchev–Trinajstić information content (AvgIpc) is 2.31. The molecule has 2 aromatic carbocycles. The van der Waals surface area contributed by atoms with Crippen LogP contribution >= 0.6 is 11.8 Å². The fraction of sp³-hybridized carbons (Fsp3) is 0.0833. The second-order valence-corrected chi connectivity index (χ2v) is 4.75. The summed E-state index contributed by atoms with van der Waals surface area (Å²) >= 11 is 2.07. The SMILES string of the molecule is CSC(=S=O)c1cccc2ccccc12. The van der Waals surface area contributed by atoms with Crippen molar-refractivity contribution < 1.29 is 4.21 Å². The summed E-state index contributed by atoms with van der Waals surface area (Å²) in [5.74, 6) is 0. The molecule has 0 atom stereocenters. The molecular weight excluding hydrogens is 224 g/mol. The molecule has 0 radical (unpaired) electrons. The maximum absolute atomic E-state index is 11.0. The van der Waals surface area contributed by atoms with E-state index in [9.17, 15) is 4.21 Å². The first-order valence-electron chi connectivity index (χ1n) is 4.55. The highest BCUT2D eigenvalue weighted by Gasteiger charge is 2.05. The summed E-state index contributed by atoms with van der Waals surface area (Å²) in [5.41, 5.74) is 1.04. The Morgan fingerprint density at radius 3 is 2.53 bits per heavy atom. The molecular formula is C12H10OS2. The molecule has 0 aliphatic carbocycles. The maximum atomic E-state index is 11.0. The van der Waals surface area contributed by atoms with Gasteiger partial charge < -0.3 is 0 Å². The summed E-state index contributed by atoms with van der Waals surface area (Å²) in [7, 11) is 0. The van der Waals surface area contributed by atoms with Crippen molar-refractivity contribution in [3.8, 4) is 0 Å². The zero-order valence-corrected chi connectivity index (χ0v) is 9.90. The third-order valence-electron chi connectivity index (χ3n) is 2.27. The highest BCUT2D eigenvalue weighted by atomic mass is 32.2. The van der Waals surface area contributed by atoms with E-state index >= 15 is 0 Å². The van der Waals surface area contributed by atoms with Gasteiger partial charge in [-0.3, -0.25) is 0 Å². The molecule has 2 aromatic rings. The fourth-order valence-corrected chi connectivity index (χ4v) is 2.53. The zero-order chi connectivity index (χ0) is 10.7. The Bertz CT molecular complexity index is 537. The van der Waals surface area contributed by atoms with Crippen LogP contribution in [-0.4, -0.2) is 14.7 Å². The summed E-state index contributed by atoms with van der Waals surface area (Å²) in [6.07, 6.45) is 1.93. The van der Waals surface area contributed by atoms with Gasteiger partial charge in [0, 0.05) is 5.56 Å². The molecule has 0 aliphatic heterocycles. The van der Waals surface area contributed by atoms with E-state index in [-0.39, 0.29) is 0 Å². The Kier molecular flexibility index (Phi) is 3.23. The monoisotopic (exact) mass is 234 g/mol. The number of fused-ring (bicyclic) bond motifs is 1. The molecule has 0 aliphatic rings. The van der Waals surface area contributed by atoms with Gasteiger partial charge in [0.15, 0.2) is 0 Å². The fourth-order valence-electron chi connectivity index (χ4n) is 1.59. The van der Waals surface area contributed by atoms with Crippen molar-refractivity contribution in [3.05, 3.63) is 48.0 Å². The van der Waals surface area contributed by atoms with E-state index in [1.165, 1.54) is 17.1 Å². The molecule has 1 nitrogen and oxygen atoms in total. The van der Waals surface area contributed by atoms with Gasteiger partial charge in [-0.15, -0.1) is 11.8 Å². The van der Waals surface area contributed by atoms with Gasteiger partial charge in [0.25, 0.3) is 0 Å². The predicted octanol–water partition coefficient (Wildman–Crippen LogP) is 2.89. The molecule has 0 aromatic heterocycles. The predicted molar refractivity (Wildman–Crippen MR) is 69.7 cm³/mol. The van der Waals surface area contributed by atoms with E-state index < -0.39 is 0 Å². The van der Waals surface area contributed by atoms with Gasteiger partial charge in [-0.25, -0.2) is 4.21 Å². The van der Waals surface area contributed by atoms with Crippen molar-refractivity contribution in [2.75, 3.05) is 6.26 Å². The van der Waals surface area contributed by atoms with Crippen molar-refractivity contribution >= 4 is 38.0 Å². The van der Waals surface area contributed by atoms with E-state index in [2.05, 4.69) is 18.2 Å². The minimum atomic E-state index is 0.567. The Hall–Kier alpha value is -1.06. The molecule has 0 saturated heterocycles. The van der Waals surface area contributed by atoms with Crippen LogP contribution < -0.4 is 0 Å². The van der Waals surface area contributed by atoms with Crippen LogP contribution in [0.5, 0.6) is 0 Å². The van der Waals surface area contributed by atoms with Crippen LogP contribution in [0, 0.1) is 0 Å². The smallest absolute Gasteiger partial charge is 0.108 e.